The second kappa shape index (κ2) is 8.79. The summed E-state index contributed by atoms with van der Waals surface area (Å²) in [4.78, 5) is 46.3. The van der Waals surface area contributed by atoms with Crippen LogP contribution in [0.3, 0.4) is 0 Å². The highest BCUT2D eigenvalue weighted by molar-refractivity contribution is 5.96. The predicted molar refractivity (Wildman–Crippen MR) is 90.8 cm³/mol. The number of carbonyl (C=O) groups is 3. The Morgan fingerprint density at radius 2 is 1.77 bits per heavy atom. The van der Waals surface area contributed by atoms with Crippen LogP contribution in [-0.4, -0.2) is 53.7 Å². The lowest BCUT2D eigenvalue weighted by atomic mass is 10.2. The molecular formula is C16H21N3O7. The Balaban J connectivity index is 2.41. The number of nitro benzene ring substituents is 1. The molecule has 0 atom stereocenters. The fourth-order valence-corrected chi connectivity index (χ4v) is 1.66. The van der Waals surface area contributed by atoms with Crippen LogP contribution in [-0.2, 0) is 9.47 Å². The average molecular weight is 367 g/mol. The molecule has 1 N–H and O–H groups in total. The van der Waals surface area contributed by atoms with Gasteiger partial charge in [-0.05, 0) is 32.9 Å². The van der Waals surface area contributed by atoms with E-state index in [1.54, 1.807) is 20.8 Å². The molecule has 2 amide bonds. The topological polar surface area (TPSA) is 128 Å². The summed E-state index contributed by atoms with van der Waals surface area (Å²) in [6.07, 6.45) is -1.54. The van der Waals surface area contributed by atoms with Crippen LogP contribution in [0.4, 0.5) is 15.3 Å². The first-order valence-corrected chi connectivity index (χ1v) is 7.68. The molecule has 0 aromatic heterocycles. The lowest BCUT2D eigenvalue weighted by molar-refractivity contribution is -0.384. The number of hydrogen-bond donors (Lipinski definition) is 1. The van der Waals surface area contributed by atoms with E-state index in [1.165, 1.54) is 24.1 Å². The molecular weight excluding hydrogens is 346 g/mol. The number of benzene rings is 1. The highest BCUT2D eigenvalue weighted by Crippen LogP contribution is 2.12. The molecule has 0 heterocycles. The van der Waals surface area contributed by atoms with Crippen molar-refractivity contribution in [1.29, 1.82) is 0 Å². The largest absolute Gasteiger partial charge is 0.444 e. The zero-order valence-electron chi connectivity index (χ0n) is 15.0. The Morgan fingerprint density at radius 1 is 1.19 bits per heavy atom. The van der Waals surface area contributed by atoms with Crippen molar-refractivity contribution in [2.24, 2.45) is 0 Å². The van der Waals surface area contributed by atoms with Gasteiger partial charge in [0.1, 0.15) is 5.60 Å². The average Bonchev–Trinajstić information content (AvgIpc) is 2.53. The molecule has 0 spiro atoms. The molecule has 142 valence electrons. The number of carbonyl (C=O) groups excluding carboxylic acids is 3. The van der Waals surface area contributed by atoms with E-state index >= 15 is 0 Å². The van der Waals surface area contributed by atoms with Gasteiger partial charge in [-0.15, -0.1) is 0 Å². The summed E-state index contributed by atoms with van der Waals surface area (Å²) < 4.78 is 9.71. The van der Waals surface area contributed by atoms with Crippen molar-refractivity contribution in [2.45, 2.75) is 26.4 Å². The third-order valence-corrected chi connectivity index (χ3v) is 2.92. The van der Waals surface area contributed by atoms with Crippen LogP contribution in [0.2, 0.25) is 0 Å². The van der Waals surface area contributed by atoms with Crippen molar-refractivity contribution in [1.82, 2.24) is 10.2 Å². The third kappa shape index (κ3) is 7.16. The second-order valence-electron chi connectivity index (χ2n) is 6.31. The Labute approximate surface area is 150 Å². The number of amides is 2. The summed E-state index contributed by atoms with van der Waals surface area (Å²) in [7, 11) is 1.50. The van der Waals surface area contributed by atoms with Gasteiger partial charge in [0.2, 0.25) is 0 Å². The molecule has 0 unspecified atom stereocenters. The van der Waals surface area contributed by atoms with E-state index in [0.717, 1.165) is 12.1 Å². The van der Waals surface area contributed by atoms with E-state index in [-0.39, 0.29) is 24.3 Å². The van der Waals surface area contributed by atoms with Gasteiger partial charge in [0.05, 0.1) is 10.5 Å². The van der Waals surface area contributed by atoms with Gasteiger partial charge in [-0.25, -0.2) is 14.4 Å². The van der Waals surface area contributed by atoms with Gasteiger partial charge in [0.25, 0.3) is 5.69 Å². The first kappa shape index (κ1) is 20.9. The summed E-state index contributed by atoms with van der Waals surface area (Å²) in [5.41, 5.74) is -0.817. The minimum Gasteiger partial charge on any atom is -0.444 e. The van der Waals surface area contributed by atoms with Crippen LogP contribution in [0.1, 0.15) is 31.1 Å². The van der Waals surface area contributed by atoms with Crippen LogP contribution in [0, 0.1) is 10.1 Å². The van der Waals surface area contributed by atoms with Gasteiger partial charge in [0, 0.05) is 32.3 Å². The van der Waals surface area contributed by atoms with E-state index in [1.807, 2.05) is 0 Å². The molecule has 1 aromatic rings. The molecule has 1 aromatic carbocycles. The highest BCUT2D eigenvalue weighted by atomic mass is 16.6. The minimum atomic E-state index is -0.994. The Bertz CT molecular complexity index is 680. The van der Waals surface area contributed by atoms with E-state index < -0.39 is 28.7 Å². The molecule has 10 nitrogen and oxygen atoms in total. The van der Waals surface area contributed by atoms with Crippen molar-refractivity contribution < 1.29 is 28.8 Å². The molecule has 0 saturated heterocycles. The highest BCUT2D eigenvalue weighted by Gasteiger charge is 2.20. The minimum absolute atomic E-state index is 0.00313. The maximum absolute atomic E-state index is 11.8. The summed E-state index contributed by atoms with van der Waals surface area (Å²) in [6.45, 7) is 5.40. The Kier molecular flexibility index (Phi) is 7.06. The summed E-state index contributed by atoms with van der Waals surface area (Å²) in [5.74, 6) is -0.946. The maximum Gasteiger partial charge on any atom is 0.415 e. The second-order valence-corrected chi connectivity index (χ2v) is 6.31. The monoisotopic (exact) mass is 367 g/mol. The summed E-state index contributed by atoms with van der Waals surface area (Å²) >= 11 is 0. The molecule has 0 radical (unpaired) electrons. The molecule has 0 aliphatic rings. The van der Waals surface area contributed by atoms with Gasteiger partial charge in [0.15, 0.2) is 0 Å². The standard InChI is InChI=1S/C16H21N3O7/c1-16(2,3)26-15(22)18(4)10-9-17-14(21)25-13(20)11-5-7-12(8-6-11)19(23)24/h5-8H,9-10H2,1-4H3,(H,17,21). The van der Waals surface area contributed by atoms with Crippen LogP contribution >= 0.6 is 0 Å². The van der Waals surface area contributed by atoms with Gasteiger partial charge in [-0.2, -0.15) is 0 Å². The number of ether oxygens (including phenoxy) is 2. The fourth-order valence-electron chi connectivity index (χ4n) is 1.66. The lowest BCUT2D eigenvalue weighted by Crippen LogP contribution is -2.39. The zero-order valence-corrected chi connectivity index (χ0v) is 15.0. The number of esters is 1. The molecule has 26 heavy (non-hydrogen) atoms. The molecule has 10 heteroatoms. The van der Waals surface area contributed by atoms with Gasteiger partial charge < -0.3 is 19.7 Å². The van der Waals surface area contributed by atoms with Crippen molar-refractivity contribution in [3.63, 3.8) is 0 Å². The molecule has 0 bridgehead atoms. The zero-order chi connectivity index (χ0) is 19.9. The molecule has 0 aliphatic heterocycles. The SMILES string of the molecule is CN(CCNC(=O)OC(=O)c1ccc([N+](=O)[O-])cc1)C(=O)OC(C)(C)C. The first-order chi connectivity index (χ1) is 12.0. The van der Waals surface area contributed by atoms with E-state index in [4.69, 9.17) is 4.74 Å². The number of likely N-dealkylation sites (N-methyl/N-ethyl adjacent to an activating group) is 1. The normalized spacial score (nSPS) is 10.6. The van der Waals surface area contributed by atoms with Crippen LogP contribution in [0.5, 0.6) is 0 Å². The van der Waals surface area contributed by atoms with Crippen molar-refractivity contribution in [2.75, 3.05) is 20.1 Å². The quantitative estimate of drug-likeness (QED) is 0.366. The van der Waals surface area contributed by atoms with E-state index in [9.17, 15) is 24.5 Å². The Morgan fingerprint density at radius 3 is 2.27 bits per heavy atom. The van der Waals surface area contributed by atoms with Crippen molar-refractivity contribution in [3.8, 4) is 0 Å². The van der Waals surface area contributed by atoms with Gasteiger partial charge in [-0.3, -0.25) is 10.1 Å². The molecule has 0 aliphatic carbocycles. The number of rotatable bonds is 5. The smallest absolute Gasteiger partial charge is 0.415 e. The van der Waals surface area contributed by atoms with Crippen LogP contribution < -0.4 is 5.32 Å². The van der Waals surface area contributed by atoms with Crippen LogP contribution in [0.25, 0.3) is 0 Å². The van der Waals surface area contributed by atoms with E-state index in [0.29, 0.717) is 0 Å². The Hall–Kier alpha value is -3.17. The fraction of sp³-hybridized carbons (Fsp3) is 0.438. The molecule has 0 saturated carbocycles. The molecule has 0 fully saturated rings. The number of alkyl carbamates (subject to hydrolysis) is 1. The number of nitrogens with one attached hydrogen (secondary N) is 1. The lowest BCUT2D eigenvalue weighted by Gasteiger charge is -2.24. The summed E-state index contributed by atoms with van der Waals surface area (Å²) in [6, 6.07) is 4.63. The number of nitro groups is 1. The number of hydrogen-bond acceptors (Lipinski definition) is 7. The first-order valence-electron chi connectivity index (χ1n) is 7.68. The number of nitrogens with zero attached hydrogens (tertiary/aromatic N) is 2. The molecule has 1 rings (SSSR count). The van der Waals surface area contributed by atoms with Gasteiger partial charge in [-0.1, -0.05) is 0 Å². The van der Waals surface area contributed by atoms with Crippen LogP contribution in [0.15, 0.2) is 24.3 Å². The van der Waals surface area contributed by atoms with Crippen molar-refractivity contribution in [3.05, 3.63) is 39.9 Å². The predicted octanol–water partition coefficient (Wildman–Crippen LogP) is 2.33. The summed E-state index contributed by atoms with van der Waals surface area (Å²) in [5, 5.41) is 12.9. The van der Waals surface area contributed by atoms with Gasteiger partial charge >= 0.3 is 18.2 Å². The third-order valence-electron chi connectivity index (χ3n) is 2.92. The van der Waals surface area contributed by atoms with Crippen molar-refractivity contribution >= 4 is 23.8 Å². The maximum atomic E-state index is 11.8. The number of non-ortho nitro benzene ring substituents is 1. The van der Waals surface area contributed by atoms with E-state index in [2.05, 4.69) is 10.1 Å².